The second-order valence-electron chi connectivity index (χ2n) is 8.75. The second-order valence-corrected chi connectivity index (χ2v) is 8.75. The van der Waals surface area contributed by atoms with Crippen molar-refractivity contribution < 1.29 is 14.3 Å². The lowest BCUT2D eigenvalue weighted by Gasteiger charge is -2.37. The van der Waals surface area contributed by atoms with Gasteiger partial charge in [0.1, 0.15) is 5.82 Å². The number of hydrogen-bond acceptors (Lipinski definition) is 6. The number of anilines is 2. The van der Waals surface area contributed by atoms with Crippen LogP contribution in [-0.4, -0.2) is 43.9 Å². The quantitative estimate of drug-likeness (QED) is 0.475. The molecule has 6 rings (SSSR count). The third-order valence-electron chi connectivity index (χ3n) is 6.60. The molecular formula is C28H26N4O3. The highest BCUT2D eigenvalue weighted by Crippen LogP contribution is 2.32. The molecule has 0 aliphatic carbocycles. The Morgan fingerprint density at radius 2 is 1.66 bits per heavy atom. The van der Waals surface area contributed by atoms with Gasteiger partial charge in [-0.2, -0.15) is 0 Å². The third-order valence-corrected chi connectivity index (χ3v) is 6.60. The Bertz CT molecular complexity index is 1370. The van der Waals surface area contributed by atoms with Crippen molar-refractivity contribution >= 4 is 28.2 Å². The number of pyridine rings is 1. The van der Waals surface area contributed by atoms with Gasteiger partial charge in [-0.3, -0.25) is 4.79 Å². The highest BCUT2D eigenvalue weighted by Gasteiger charge is 2.20. The first-order valence-corrected chi connectivity index (χ1v) is 11.8. The average molecular weight is 467 g/mol. The van der Waals surface area contributed by atoms with Crippen LogP contribution in [0.3, 0.4) is 0 Å². The normalized spacial score (nSPS) is 14.9. The SMILES string of the molecule is O=C(NCc1ccc2c(c1)OCO2)c1ccc2ccnc(N3CCN(c4ccccc4)CC3)c2c1. The van der Waals surface area contributed by atoms with E-state index in [2.05, 4.69) is 39.4 Å². The predicted octanol–water partition coefficient (Wildman–Crippen LogP) is 4.22. The molecule has 7 nitrogen and oxygen atoms in total. The number of nitrogens with zero attached hydrogens (tertiary/aromatic N) is 3. The Balaban J connectivity index is 1.17. The molecule has 0 bridgehead atoms. The minimum absolute atomic E-state index is 0.117. The van der Waals surface area contributed by atoms with Crippen LogP contribution < -0.4 is 24.6 Å². The zero-order chi connectivity index (χ0) is 23.6. The number of ether oxygens (including phenoxy) is 2. The van der Waals surface area contributed by atoms with Gasteiger partial charge < -0.3 is 24.6 Å². The van der Waals surface area contributed by atoms with E-state index in [0.29, 0.717) is 17.9 Å². The number of rotatable bonds is 5. The molecule has 1 amide bonds. The Hall–Kier alpha value is -4.26. The van der Waals surface area contributed by atoms with E-state index in [0.717, 1.165) is 54.1 Å². The lowest BCUT2D eigenvalue weighted by molar-refractivity contribution is 0.0951. The summed E-state index contributed by atoms with van der Waals surface area (Å²) in [6.45, 7) is 4.26. The van der Waals surface area contributed by atoms with Crippen molar-refractivity contribution in [3.05, 3.63) is 90.1 Å². The number of nitrogens with one attached hydrogen (secondary N) is 1. The summed E-state index contributed by atoms with van der Waals surface area (Å²) in [5.74, 6) is 2.26. The molecule has 0 saturated carbocycles. The number of hydrogen-bond donors (Lipinski definition) is 1. The van der Waals surface area contributed by atoms with Gasteiger partial charge in [0.25, 0.3) is 5.91 Å². The average Bonchev–Trinajstić information content (AvgIpc) is 3.40. The minimum Gasteiger partial charge on any atom is -0.454 e. The summed E-state index contributed by atoms with van der Waals surface area (Å²) in [6.07, 6.45) is 1.85. The lowest BCUT2D eigenvalue weighted by atomic mass is 10.1. The fraction of sp³-hybridized carbons (Fsp3) is 0.214. The highest BCUT2D eigenvalue weighted by atomic mass is 16.7. The van der Waals surface area contributed by atoms with Crippen molar-refractivity contribution in [2.45, 2.75) is 6.54 Å². The van der Waals surface area contributed by atoms with Crippen LogP contribution in [-0.2, 0) is 6.54 Å². The van der Waals surface area contributed by atoms with Crippen molar-refractivity contribution in [1.82, 2.24) is 10.3 Å². The second kappa shape index (κ2) is 9.18. The fourth-order valence-electron chi connectivity index (χ4n) is 4.70. The Labute approximate surface area is 203 Å². The molecule has 176 valence electrons. The van der Waals surface area contributed by atoms with Crippen LogP contribution in [0.1, 0.15) is 15.9 Å². The van der Waals surface area contributed by atoms with Crippen molar-refractivity contribution in [3.8, 4) is 11.5 Å². The zero-order valence-corrected chi connectivity index (χ0v) is 19.3. The van der Waals surface area contributed by atoms with E-state index in [1.54, 1.807) is 0 Å². The molecule has 7 heteroatoms. The Morgan fingerprint density at radius 3 is 2.51 bits per heavy atom. The maximum absolute atomic E-state index is 13.0. The van der Waals surface area contributed by atoms with Gasteiger partial charge >= 0.3 is 0 Å². The summed E-state index contributed by atoms with van der Waals surface area (Å²) in [7, 11) is 0. The molecule has 1 aromatic heterocycles. The maximum Gasteiger partial charge on any atom is 0.251 e. The van der Waals surface area contributed by atoms with Gasteiger partial charge in [0.15, 0.2) is 11.5 Å². The highest BCUT2D eigenvalue weighted by molar-refractivity contribution is 6.01. The molecule has 3 aromatic carbocycles. The van der Waals surface area contributed by atoms with Crippen molar-refractivity contribution in [1.29, 1.82) is 0 Å². The van der Waals surface area contributed by atoms with Crippen LogP contribution >= 0.6 is 0 Å². The summed E-state index contributed by atoms with van der Waals surface area (Å²) in [4.78, 5) is 22.4. The van der Waals surface area contributed by atoms with Gasteiger partial charge in [0.2, 0.25) is 6.79 Å². The molecule has 1 fully saturated rings. The van der Waals surface area contributed by atoms with Crippen LogP contribution in [0.15, 0.2) is 79.0 Å². The number of fused-ring (bicyclic) bond motifs is 2. The number of amides is 1. The first-order chi connectivity index (χ1) is 17.2. The van der Waals surface area contributed by atoms with Gasteiger partial charge in [0, 0.05) is 55.6 Å². The summed E-state index contributed by atoms with van der Waals surface area (Å²) in [5, 5.41) is 5.09. The van der Waals surface area contributed by atoms with E-state index >= 15 is 0 Å². The molecule has 0 radical (unpaired) electrons. The Kier molecular flexibility index (Phi) is 5.58. The molecular weight excluding hydrogens is 440 g/mol. The van der Waals surface area contributed by atoms with Gasteiger partial charge in [-0.05, 0) is 53.4 Å². The van der Waals surface area contributed by atoms with Crippen molar-refractivity contribution in [3.63, 3.8) is 0 Å². The van der Waals surface area contributed by atoms with E-state index in [-0.39, 0.29) is 12.7 Å². The van der Waals surface area contributed by atoms with Crippen LogP contribution in [0, 0.1) is 0 Å². The molecule has 1 saturated heterocycles. The van der Waals surface area contributed by atoms with Crippen LogP contribution in [0.2, 0.25) is 0 Å². The van der Waals surface area contributed by atoms with E-state index in [1.165, 1.54) is 5.69 Å². The van der Waals surface area contributed by atoms with E-state index < -0.39 is 0 Å². The number of carbonyl (C=O) groups is 1. The molecule has 3 heterocycles. The molecule has 0 unspecified atom stereocenters. The molecule has 0 spiro atoms. The molecule has 2 aliphatic heterocycles. The van der Waals surface area contributed by atoms with Gasteiger partial charge in [-0.1, -0.05) is 30.3 Å². The number of carbonyl (C=O) groups excluding carboxylic acids is 1. The summed E-state index contributed by atoms with van der Waals surface area (Å²) < 4.78 is 10.8. The first kappa shape index (κ1) is 21.3. The molecule has 4 aromatic rings. The number of aromatic nitrogens is 1. The number of para-hydroxylation sites is 1. The maximum atomic E-state index is 13.0. The third kappa shape index (κ3) is 4.33. The lowest BCUT2D eigenvalue weighted by Crippen LogP contribution is -2.46. The number of piperazine rings is 1. The molecule has 0 atom stereocenters. The summed E-state index contributed by atoms with van der Waals surface area (Å²) in [5.41, 5.74) is 2.83. The fourth-order valence-corrected chi connectivity index (χ4v) is 4.70. The summed E-state index contributed by atoms with van der Waals surface area (Å²) >= 11 is 0. The van der Waals surface area contributed by atoms with E-state index in [9.17, 15) is 4.79 Å². The molecule has 2 aliphatic rings. The van der Waals surface area contributed by atoms with Crippen molar-refractivity contribution in [2.24, 2.45) is 0 Å². The van der Waals surface area contributed by atoms with Gasteiger partial charge in [-0.25, -0.2) is 4.98 Å². The van der Waals surface area contributed by atoms with Crippen LogP contribution in [0.25, 0.3) is 10.8 Å². The summed E-state index contributed by atoms with van der Waals surface area (Å²) in [6, 6.07) is 24.0. The van der Waals surface area contributed by atoms with Crippen LogP contribution in [0.4, 0.5) is 11.5 Å². The van der Waals surface area contributed by atoms with E-state index in [1.807, 2.05) is 54.7 Å². The largest absolute Gasteiger partial charge is 0.454 e. The molecule has 35 heavy (non-hydrogen) atoms. The van der Waals surface area contributed by atoms with Crippen LogP contribution in [0.5, 0.6) is 11.5 Å². The number of benzene rings is 3. The monoisotopic (exact) mass is 466 g/mol. The smallest absolute Gasteiger partial charge is 0.251 e. The Morgan fingerprint density at radius 1 is 0.857 bits per heavy atom. The molecule has 1 N–H and O–H groups in total. The van der Waals surface area contributed by atoms with E-state index in [4.69, 9.17) is 14.5 Å². The standard InChI is InChI=1S/C28H26N4O3/c33-28(30-18-20-6-9-25-26(16-20)35-19-34-25)22-8-7-21-10-11-29-27(24(21)17-22)32-14-12-31(13-15-32)23-4-2-1-3-5-23/h1-11,16-17H,12-15,18-19H2,(H,30,33). The topological polar surface area (TPSA) is 66.9 Å². The van der Waals surface area contributed by atoms with Gasteiger partial charge in [-0.15, -0.1) is 0 Å². The van der Waals surface area contributed by atoms with Gasteiger partial charge in [0.05, 0.1) is 0 Å². The minimum atomic E-state index is -0.117. The first-order valence-electron chi connectivity index (χ1n) is 11.8. The predicted molar refractivity (Wildman–Crippen MR) is 136 cm³/mol. The zero-order valence-electron chi connectivity index (χ0n) is 19.3. The van der Waals surface area contributed by atoms with Crippen molar-refractivity contribution in [2.75, 3.05) is 42.8 Å².